The molecule has 66 valence electrons. The highest BCUT2D eigenvalue weighted by Gasteiger charge is 2.13. The van der Waals surface area contributed by atoms with Crippen molar-refractivity contribution < 1.29 is 9.73 Å². The zero-order valence-corrected chi connectivity index (χ0v) is 6.54. The molecule has 2 rings (SSSR count). The van der Waals surface area contributed by atoms with Crippen molar-refractivity contribution in [2.75, 3.05) is 0 Å². The van der Waals surface area contributed by atoms with Crippen LogP contribution in [0.1, 0.15) is 0 Å². The Labute approximate surface area is 73.6 Å². The third-order valence-electron chi connectivity index (χ3n) is 1.41. The van der Waals surface area contributed by atoms with Gasteiger partial charge in [-0.05, 0) is 0 Å². The van der Waals surface area contributed by atoms with E-state index in [1.54, 1.807) is 30.7 Å². The minimum Gasteiger partial charge on any atom is -0.335 e. The second-order valence-electron chi connectivity index (χ2n) is 2.24. The van der Waals surface area contributed by atoms with E-state index in [4.69, 9.17) is 4.94 Å². The van der Waals surface area contributed by atoms with Crippen LogP contribution in [0, 0.1) is 0 Å². The first-order valence-electron chi connectivity index (χ1n) is 3.54. The van der Waals surface area contributed by atoms with Gasteiger partial charge in [0.15, 0.2) is 5.94 Å². The van der Waals surface area contributed by atoms with E-state index in [2.05, 4.69) is 10.3 Å². The van der Waals surface area contributed by atoms with Crippen LogP contribution in [-0.2, 0) is 4.79 Å². The summed E-state index contributed by atoms with van der Waals surface area (Å²) in [7, 11) is 0. The minimum atomic E-state index is 0.203. The van der Waals surface area contributed by atoms with E-state index in [0.717, 1.165) is 0 Å². The second-order valence-corrected chi connectivity index (χ2v) is 2.24. The van der Waals surface area contributed by atoms with Gasteiger partial charge in [0.1, 0.15) is 6.33 Å². The quantitative estimate of drug-likeness (QED) is 0.605. The third-order valence-corrected chi connectivity index (χ3v) is 1.41. The predicted molar refractivity (Wildman–Crippen MR) is 42.1 cm³/mol. The summed E-state index contributed by atoms with van der Waals surface area (Å²) in [6.45, 7) is 0. The summed E-state index contributed by atoms with van der Waals surface area (Å²) in [4.78, 5) is 19.3. The van der Waals surface area contributed by atoms with Gasteiger partial charge in [0.05, 0.1) is 12.4 Å². The summed E-state index contributed by atoms with van der Waals surface area (Å²) in [5, 5.41) is 3.89. The topological polar surface area (TPSA) is 59.4 Å². The molecule has 1 aliphatic rings. The monoisotopic (exact) mass is 178 g/mol. The van der Waals surface area contributed by atoms with Gasteiger partial charge in [-0.1, -0.05) is 0 Å². The lowest BCUT2D eigenvalue weighted by Crippen LogP contribution is -2.28. The van der Waals surface area contributed by atoms with Crippen LogP contribution >= 0.6 is 0 Å². The molecule has 1 aromatic heterocycles. The highest BCUT2D eigenvalue weighted by Crippen LogP contribution is 2.02. The molecule has 1 N–H and O–H groups in total. The summed E-state index contributed by atoms with van der Waals surface area (Å²) in [6, 6.07) is 0. The zero-order valence-electron chi connectivity index (χ0n) is 6.54. The fraction of sp³-hybridized carbons (Fsp3) is 0. The summed E-state index contributed by atoms with van der Waals surface area (Å²) < 4.78 is 1.36. The standard InChI is InChI=1S/C7H6N4O2/c12-5-7-9-2-4-11(7)13-10-3-1-8-6-10/h1-4,6,9H. The first-order valence-corrected chi connectivity index (χ1v) is 3.54. The molecule has 0 unspecified atom stereocenters. The highest BCUT2D eigenvalue weighted by molar-refractivity contribution is 5.52. The molecule has 0 atom stereocenters. The third kappa shape index (κ3) is 1.38. The van der Waals surface area contributed by atoms with Crippen LogP contribution < -0.4 is 10.3 Å². The lowest BCUT2D eigenvalue weighted by Gasteiger charge is -2.13. The van der Waals surface area contributed by atoms with Gasteiger partial charge in [-0.15, -0.1) is 9.79 Å². The van der Waals surface area contributed by atoms with E-state index in [0.29, 0.717) is 0 Å². The molecular weight excluding hydrogens is 172 g/mol. The summed E-state index contributed by atoms with van der Waals surface area (Å²) in [5.74, 6) is 1.89. The molecule has 0 spiro atoms. The second kappa shape index (κ2) is 3.04. The number of rotatable bonds is 2. The molecule has 1 aliphatic heterocycles. The molecular formula is C7H6N4O2. The van der Waals surface area contributed by atoms with Crippen LogP contribution in [0.3, 0.4) is 0 Å². The van der Waals surface area contributed by atoms with Gasteiger partial charge in [-0.2, -0.15) is 0 Å². The maximum atomic E-state index is 10.3. The first-order chi connectivity index (χ1) is 6.40. The summed E-state index contributed by atoms with van der Waals surface area (Å²) >= 11 is 0. The molecule has 0 aromatic carbocycles. The average Bonchev–Trinajstić information content (AvgIpc) is 2.76. The molecule has 0 bridgehead atoms. The van der Waals surface area contributed by atoms with Crippen molar-refractivity contribution in [3.05, 3.63) is 36.9 Å². The Hall–Kier alpha value is -2.20. The van der Waals surface area contributed by atoms with Crippen molar-refractivity contribution in [2.24, 2.45) is 0 Å². The van der Waals surface area contributed by atoms with Gasteiger partial charge in [0, 0.05) is 12.4 Å². The summed E-state index contributed by atoms with van der Waals surface area (Å²) in [6.07, 6.45) is 7.76. The van der Waals surface area contributed by atoms with E-state index in [1.165, 1.54) is 16.1 Å². The van der Waals surface area contributed by atoms with Crippen molar-refractivity contribution in [3.8, 4) is 0 Å². The largest absolute Gasteiger partial charge is 0.335 e. The van der Waals surface area contributed by atoms with Crippen LogP contribution in [0.15, 0.2) is 36.9 Å². The van der Waals surface area contributed by atoms with Gasteiger partial charge >= 0.3 is 0 Å². The van der Waals surface area contributed by atoms with E-state index >= 15 is 0 Å². The number of hydroxylamine groups is 2. The van der Waals surface area contributed by atoms with E-state index in [9.17, 15) is 4.79 Å². The number of hydrogen-bond donors (Lipinski definition) is 1. The average molecular weight is 178 g/mol. The molecule has 13 heavy (non-hydrogen) atoms. The van der Waals surface area contributed by atoms with Gasteiger partial charge in [0.2, 0.25) is 5.82 Å². The maximum Gasteiger partial charge on any atom is 0.234 e. The normalized spacial score (nSPS) is 14.2. The molecule has 0 fully saturated rings. The SMILES string of the molecule is O=C=C1NC=CN1On1ccnc1. The fourth-order valence-corrected chi connectivity index (χ4v) is 0.861. The van der Waals surface area contributed by atoms with E-state index < -0.39 is 0 Å². The molecule has 0 saturated carbocycles. The van der Waals surface area contributed by atoms with Crippen molar-refractivity contribution in [3.63, 3.8) is 0 Å². The number of nitrogens with zero attached hydrogens (tertiary/aromatic N) is 3. The summed E-state index contributed by atoms with van der Waals surface area (Å²) in [5.41, 5.74) is 0. The Bertz CT molecular complexity index is 364. The van der Waals surface area contributed by atoms with Crippen molar-refractivity contribution in [1.29, 1.82) is 0 Å². The Morgan fingerprint density at radius 1 is 1.62 bits per heavy atom. The maximum absolute atomic E-state index is 10.3. The first kappa shape index (κ1) is 7.45. The fourth-order valence-electron chi connectivity index (χ4n) is 0.861. The number of carbonyl (C=O) groups excluding carboxylic acids is 1. The molecule has 6 heteroatoms. The Morgan fingerprint density at radius 3 is 3.23 bits per heavy atom. The van der Waals surface area contributed by atoms with E-state index in [1.807, 2.05) is 0 Å². The highest BCUT2D eigenvalue weighted by atomic mass is 16.8. The lowest BCUT2D eigenvalue weighted by molar-refractivity contribution is -0.0969. The van der Waals surface area contributed by atoms with Crippen LogP contribution in [0.25, 0.3) is 0 Å². The number of hydrogen-bond acceptors (Lipinski definition) is 5. The number of aromatic nitrogens is 2. The molecule has 1 aromatic rings. The zero-order chi connectivity index (χ0) is 9.10. The van der Waals surface area contributed by atoms with Crippen LogP contribution in [0.4, 0.5) is 0 Å². The molecule has 2 heterocycles. The Balaban J connectivity index is 2.10. The molecule has 0 amide bonds. The van der Waals surface area contributed by atoms with Gasteiger partial charge < -0.3 is 5.32 Å². The predicted octanol–water partition coefficient (Wildman–Crippen LogP) is -0.724. The molecule has 0 aliphatic carbocycles. The molecule has 6 nitrogen and oxygen atoms in total. The van der Waals surface area contributed by atoms with Crippen LogP contribution in [-0.4, -0.2) is 20.7 Å². The van der Waals surface area contributed by atoms with E-state index in [-0.39, 0.29) is 5.82 Å². The van der Waals surface area contributed by atoms with Gasteiger partial charge in [-0.3, -0.25) is 4.94 Å². The number of imidazole rings is 1. The van der Waals surface area contributed by atoms with Crippen molar-refractivity contribution in [2.45, 2.75) is 0 Å². The Kier molecular flexibility index (Phi) is 1.74. The van der Waals surface area contributed by atoms with Crippen molar-refractivity contribution in [1.82, 2.24) is 20.1 Å². The smallest absolute Gasteiger partial charge is 0.234 e. The lowest BCUT2D eigenvalue weighted by atomic mass is 10.8. The van der Waals surface area contributed by atoms with Crippen LogP contribution in [0.5, 0.6) is 0 Å². The Morgan fingerprint density at radius 2 is 2.54 bits per heavy atom. The number of nitrogens with one attached hydrogen (secondary N) is 1. The van der Waals surface area contributed by atoms with Crippen molar-refractivity contribution >= 4 is 5.94 Å². The van der Waals surface area contributed by atoms with Crippen LogP contribution in [0.2, 0.25) is 0 Å². The molecule has 0 saturated heterocycles. The van der Waals surface area contributed by atoms with Gasteiger partial charge in [0.25, 0.3) is 0 Å². The minimum absolute atomic E-state index is 0.203. The molecule has 0 radical (unpaired) electrons. The van der Waals surface area contributed by atoms with Gasteiger partial charge in [-0.25, -0.2) is 9.78 Å².